The maximum absolute atomic E-state index is 9.13. The summed E-state index contributed by atoms with van der Waals surface area (Å²) in [6.07, 6.45) is 2.39. The number of nitrogens with one attached hydrogen (secondary N) is 1. The minimum atomic E-state index is 0.175. The Labute approximate surface area is 110 Å². The molecule has 0 aromatic carbocycles. The van der Waals surface area contributed by atoms with Crippen LogP contribution in [0.25, 0.3) is 0 Å². The zero-order valence-electron chi connectivity index (χ0n) is 10.4. The lowest BCUT2D eigenvalue weighted by molar-refractivity contribution is 0.472. The van der Waals surface area contributed by atoms with E-state index in [0.29, 0.717) is 12.5 Å². The normalized spacial score (nSPS) is 10.8. The van der Waals surface area contributed by atoms with Gasteiger partial charge >= 0.3 is 0 Å². The predicted molar refractivity (Wildman–Crippen MR) is 71.7 cm³/mol. The Morgan fingerprint density at radius 2 is 2.17 bits per heavy atom. The highest BCUT2D eigenvalue weighted by molar-refractivity contribution is 7.15. The Hall–Kier alpha value is -1.69. The fourth-order valence-electron chi connectivity index (χ4n) is 1.44. The number of anilines is 1. The summed E-state index contributed by atoms with van der Waals surface area (Å²) >= 11 is 1.57. The molecule has 2 rings (SSSR count). The lowest BCUT2D eigenvalue weighted by atomic mass is 10.1. The molecule has 6 heteroatoms. The molecule has 0 saturated carbocycles. The summed E-state index contributed by atoms with van der Waals surface area (Å²) in [5, 5.41) is 22.4. The molecule has 2 heterocycles. The van der Waals surface area contributed by atoms with E-state index in [0.717, 1.165) is 22.3 Å². The van der Waals surface area contributed by atoms with Gasteiger partial charge in [0.05, 0.1) is 18.4 Å². The first kappa shape index (κ1) is 12.8. The predicted octanol–water partition coefficient (Wildman–Crippen LogP) is 2.45. The third-order valence-electron chi connectivity index (χ3n) is 2.28. The van der Waals surface area contributed by atoms with Gasteiger partial charge in [0.25, 0.3) is 0 Å². The van der Waals surface area contributed by atoms with Crippen molar-refractivity contribution < 1.29 is 5.11 Å². The molecular weight excluding hydrogens is 248 g/mol. The van der Waals surface area contributed by atoms with Crippen molar-refractivity contribution in [1.82, 2.24) is 15.2 Å². The molecule has 5 nitrogen and oxygen atoms in total. The number of aromatic nitrogens is 3. The number of aromatic hydroxyl groups is 1. The summed E-state index contributed by atoms with van der Waals surface area (Å²) in [4.78, 5) is 4.09. The number of hydrogen-bond acceptors (Lipinski definition) is 6. The SMILES string of the molecule is CC(C)Cc1nnc(NCc2ccc(O)cn2)s1. The molecule has 2 aromatic rings. The van der Waals surface area contributed by atoms with Gasteiger partial charge in [0, 0.05) is 6.42 Å². The highest BCUT2D eigenvalue weighted by Gasteiger charge is 2.06. The molecule has 2 N–H and O–H groups in total. The zero-order valence-corrected chi connectivity index (χ0v) is 11.2. The van der Waals surface area contributed by atoms with Crippen LogP contribution in [0.3, 0.4) is 0 Å². The molecule has 0 aliphatic rings. The van der Waals surface area contributed by atoms with Crippen molar-refractivity contribution in [3.8, 4) is 5.75 Å². The van der Waals surface area contributed by atoms with Crippen LogP contribution in [-0.4, -0.2) is 20.3 Å². The molecule has 0 bridgehead atoms. The van der Waals surface area contributed by atoms with Crippen molar-refractivity contribution in [2.45, 2.75) is 26.8 Å². The van der Waals surface area contributed by atoms with Crippen LogP contribution in [0.1, 0.15) is 24.5 Å². The molecule has 0 atom stereocenters. The molecule has 2 aromatic heterocycles. The first-order valence-corrected chi connectivity index (χ1v) is 6.65. The topological polar surface area (TPSA) is 70.9 Å². The number of pyridine rings is 1. The Kier molecular flexibility index (Phi) is 4.09. The summed E-state index contributed by atoms with van der Waals surface area (Å²) in [6, 6.07) is 3.40. The number of rotatable bonds is 5. The van der Waals surface area contributed by atoms with E-state index in [-0.39, 0.29) is 5.75 Å². The second-order valence-corrected chi connectivity index (χ2v) is 5.52. The lowest BCUT2D eigenvalue weighted by Crippen LogP contribution is -2.00. The van der Waals surface area contributed by atoms with E-state index in [4.69, 9.17) is 5.11 Å². The summed E-state index contributed by atoms with van der Waals surface area (Å²) in [5.74, 6) is 0.762. The lowest BCUT2D eigenvalue weighted by Gasteiger charge is -2.01. The molecule has 0 spiro atoms. The smallest absolute Gasteiger partial charge is 0.205 e. The molecule has 0 fully saturated rings. The van der Waals surface area contributed by atoms with E-state index in [9.17, 15) is 0 Å². The van der Waals surface area contributed by atoms with Crippen molar-refractivity contribution in [3.05, 3.63) is 29.0 Å². The quantitative estimate of drug-likeness (QED) is 0.868. The fraction of sp³-hybridized carbons (Fsp3) is 0.417. The summed E-state index contributed by atoms with van der Waals surface area (Å²) in [6.45, 7) is 4.90. The average molecular weight is 264 g/mol. The van der Waals surface area contributed by atoms with Gasteiger partial charge < -0.3 is 10.4 Å². The molecule has 18 heavy (non-hydrogen) atoms. The van der Waals surface area contributed by atoms with Crippen molar-refractivity contribution in [3.63, 3.8) is 0 Å². The fourth-order valence-corrected chi connectivity index (χ4v) is 2.39. The molecule has 0 aliphatic heterocycles. The number of hydrogen-bond donors (Lipinski definition) is 2. The molecular formula is C12H16N4OS. The third kappa shape index (κ3) is 3.66. The van der Waals surface area contributed by atoms with Gasteiger partial charge in [0.1, 0.15) is 10.8 Å². The van der Waals surface area contributed by atoms with Gasteiger partial charge in [-0.15, -0.1) is 10.2 Å². The Balaban J connectivity index is 1.90. The largest absolute Gasteiger partial charge is 0.506 e. The zero-order chi connectivity index (χ0) is 13.0. The minimum absolute atomic E-state index is 0.175. The van der Waals surface area contributed by atoms with Crippen LogP contribution in [0.2, 0.25) is 0 Å². The van der Waals surface area contributed by atoms with Crippen LogP contribution >= 0.6 is 11.3 Å². The van der Waals surface area contributed by atoms with Crippen LogP contribution in [-0.2, 0) is 13.0 Å². The van der Waals surface area contributed by atoms with Gasteiger partial charge in [-0.2, -0.15) is 0 Å². The van der Waals surface area contributed by atoms with Crippen LogP contribution < -0.4 is 5.32 Å². The molecule has 0 radical (unpaired) electrons. The van der Waals surface area contributed by atoms with Crippen molar-refractivity contribution >= 4 is 16.5 Å². The van der Waals surface area contributed by atoms with Crippen LogP contribution in [0.15, 0.2) is 18.3 Å². The van der Waals surface area contributed by atoms with Gasteiger partial charge in [0.2, 0.25) is 5.13 Å². The van der Waals surface area contributed by atoms with Crippen LogP contribution in [0.4, 0.5) is 5.13 Å². The average Bonchev–Trinajstić information content (AvgIpc) is 2.75. The van der Waals surface area contributed by atoms with Crippen LogP contribution in [0.5, 0.6) is 5.75 Å². The second kappa shape index (κ2) is 5.77. The number of nitrogens with zero attached hydrogens (tertiary/aromatic N) is 3. The Bertz CT molecular complexity index is 495. The molecule has 0 amide bonds. The molecule has 0 saturated heterocycles. The third-order valence-corrected chi connectivity index (χ3v) is 3.18. The monoisotopic (exact) mass is 264 g/mol. The van der Waals surface area contributed by atoms with Gasteiger partial charge in [0.15, 0.2) is 0 Å². The summed E-state index contributed by atoms with van der Waals surface area (Å²) in [5.41, 5.74) is 0.855. The minimum Gasteiger partial charge on any atom is -0.506 e. The van der Waals surface area contributed by atoms with E-state index in [2.05, 4.69) is 34.3 Å². The van der Waals surface area contributed by atoms with E-state index >= 15 is 0 Å². The summed E-state index contributed by atoms with van der Waals surface area (Å²) < 4.78 is 0. The first-order valence-electron chi connectivity index (χ1n) is 5.83. The maximum atomic E-state index is 9.13. The second-order valence-electron chi connectivity index (χ2n) is 4.46. The van der Waals surface area contributed by atoms with Crippen molar-refractivity contribution in [1.29, 1.82) is 0 Å². The molecule has 0 unspecified atom stereocenters. The maximum Gasteiger partial charge on any atom is 0.205 e. The van der Waals surface area contributed by atoms with E-state index in [1.54, 1.807) is 23.5 Å². The van der Waals surface area contributed by atoms with Crippen molar-refractivity contribution in [2.24, 2.45) is 5.92 Å². The summed E-state index contributed by atoms with van der Waals surface area (Å²) in [7, 11) is 0. The van der Waals surface area contributed by atoms with E-state index < -0.39 is 0 Å². The highest BCUT2D eigenvalue weighted by Crippen LogP contribution is 2.18. The van der Waals surface area contributed by atoms with E-state index in [1.165, 1.54) is 6.20 Å². The van der Waals surface area contributed by atoms with Crippen LogP contribution in [0, 0.1) is 5.92 Å². The van der Waals surface area contributed by atoms with Crippen molar-refractivity contribution in [2.75, 3.05) is 5.32 Å². The van der Waals surface area contributed by atoms with Gasteiger partial charge in [-0.25, -0.2) is 0 Å². The first-order chi connectivity index (χ1) is 8.63. The van der Waals surface area contributed by atoms with Gasteiger partial charge in [-0.05, 0) is 18.1 Å². The Morgan fingerprint density at radius 3 is 2.83 bits per heavy atom. The Morgan fingerprint density at radius 1 is 1.33 bits per heavy atom. The molecule has 96 valence electrons. The standard InChI is InChI=1S/C12H16N4OS/c1-8(2)5-11-15-16-12(18-11)14-6-9-3-4-10(17)7-13-9/h3-4,7-8,17H,5-6H2,1-2H3,(H,14,16). The van der Waals surface area contributed by atoms with Gasteiger partial charge in [-0.3, -0.25) is 4.98 Å². The van der Waals surface area contributed by atoms with Gasteiger partial charge in [-0.1, -0.05) is 25.2 Å². The molecule has 0 aliphatic carbocycles. The van der Waals surface area contributed by atoms with E-state index in [1.807, 2.05) is 0 Å². The highest BCUT2D eigenvalue weighted by atomic mass is 32.1.